The Morgan fingerprint density at radius 1 is 0.386 bits per heavy atom. The van der Waals surface area contributed by atoms with Crippen LogP contribution in [0.4, 0.5) is 0 Å². The van der Waals surface area contributed by atoms with Gasteiger partial charge in [-0.2, -0.15) is 0 Å². The lowest BCUT2D eigenvalue weighted by Crippen LogP contribution is -2.34. The Labute approximate surface area is 488 Å². The second kappa shape index (κ2) is 41.1. The Balaban J connectivity index is 0.000000301. The van der Waals surface area contributed by atoms with Crippen LogP contribution in [0.25, 0.3) is 22.3 Å². The quantitative estimate of drug-likeness (QED) is 0.0213. The van der Waals surface area contributed by atoms with Crippen LogP contribution in [0.15, 0.2) is 170 Å². The SMILES string of the molecule is CC/C(=C(\c1ccccc1)c1ccc(OCCN(C)C(=O)COCCOCCOCC(=O)O)cc1)c1ccccc1.CC/C(=C(\c1ccccc1)c1ccc(OCCNC)cc1)c1ccccc1.O=C(O)COCCOCCOCC(=O)O. The number of aliphatic carboxylic acids is 3. The van der Waals surface area contributed by atoms with Crippen molar-refractivity contribution in [3.63, 3.8) is 0 Å². The van der Waals surface area contributed by atoms with Gasteiger partial charge < -0.3 is 63.4 Å². The number of amides is 1. The lowest BCUT2D eigenvalue weighted by Gasteiger charge is -2.18. The molecule has 17 heteroatoms. The molecule has 6 aromatic rings. The predicted molar refractivity (Wildman–Crippen MR) is 321 cm³/mol. The monoisotopic (exact) mass is 1140 g/mol. The average molecular weight is 1140 g/mol. The third kappa shape index (κ3) is 27.1. The third-order valence-electron chi connectivity index (χ3n) is 12.1. The molecule has 0 radical (unpaired) electrons. The van der Waals surface area contributed by atoms with Crippen LogP contribution in [0.2, 0.25) is 0 Å². The Kier molecular flexibility index (Phi) is 33.4. The van der Waals surface area contributed by atoms with E-state index in [2.05, 4.69) is 174 Å². The van der Waals surface area contributed by atoms with Crippen molar-refractivity contribution in [2.24, 2.45) is 0 Å². The highest BCUT2D eigenvalue weighted by molar-refractivity contribution is 5.99. The molecule has 0 aliphatic heterocycles. The van der Waals surface area contributed by atoms with Crippen LogP contribution < -0.4 is 14.8 Å². The van der Waals surface area contributed by atoms with E-state index in [0.717, 1.165) is 36.4 Å². The van der Waals surface area contributed by atoms with Crippen molar-refractivity contribution in [3.8, 4) is 11.5 Å². The highest BCUT2D eigenvalue weighted by Crippen LogP contribution is 2.36. The number of likely N-dealkylation sites (N-methyl/N-ethyl adjacent to an activating group) is 2. The Hall–Kier alpha value is -8.00. The molecule has 0 saturated heterocycles. The first-order valence-electron chi connectivity index (χ1n) is 27.6. The summed E-state index contributed by atoms with van der Waals surface area (Å²) in [4.78, 5) is 44.2. The molecule has 444 valence electrons. The molecule has 6 rings (SSSR count). The molecular weight excluding hydrogens is 1060 g/mol. The van der Waals surface area contributed by atoms with Crippen molar-refractivity contribution in [1.82, 2.24) is 10.2 Å². The van der Waals surface area contributed by atoms with Gasteiger partial charge in [-0.15, -0.1) is 0 Å². The minimum absolute atomic E-state index is 0.0557. The fourth-order valence-electron chi connectivity index (χ4n) is 8.12. The molecule has 0 fully saturated rings. The van der Waals surface area contributed by atoms with Crippen molar-refractivity contribution in [3.05, 3.63) is 203 Å². The summed E-state index contributed by atoms with van der Waals surface area (Å²) in [6.45, 7) is 7.46. The van der Waals surface area contributed by atoms with E-state index >= 15 is 0 Å². The molecule has 0 bridgehead atoms. The van der Waals surface area contributed by atoms with Crippen molar-refractivity contribution in [2.75, 3.05) is 120 Å². The molecule has 0 unspecified atom stereocenters. The number of benzene rings is 6. The molecule has 0 spiro atoms. The molecular formula is C66H80N2O15. The van der Waals surface area contributed by atoms with Crippen LogP contribution in [-0.2, 0) is 47.6 Å². The van der Waals surface area contributed by atoms with Gasteiger partial charge in [0.1, 0.15) is 51.1 Å². The van der Waals surface area contributed by atoms with Crippen LogP contribution >= 0.6 is 0 Å². The second-order valence-corrected chi connectivity index (χ2v) is 18.2. The van der Waals surface area contributed by atoms with Gasteiger partial charge in [-0.05, 0) is 99.8 Å². The van der Waals surface area contributed by atoms with Gasteiger partial charge >= 0.3 is 17.9 Å². The fourth-order valence-corrected chi connectivity index (χ4v) is 8.12. The molecule has 6 aromatic carbocycles. The number of rotatable bonds is 36. The number of carboxylic acid groups (broad SMARTS) is 3. The largest absolute Gasteiger partial charge is 0.492 e. The zero-order valence-electron chi connectivity index (χ0n) is 48.1. The number of nitrogens with zero attached hydrogens (tertiary/aromatic N) is 1. The van der Waals surface area contributed by atoms with Crippen LogP contribution in [0.1, 0.15) is 60.1 Å². The van der Waals surface area contributed by atoms with E-state index in [4.69, 9.17) is 43.7 Å². The summed E-state index contributed by atoms with van der Waals surface area (Å²) in [6, 6.07) is 58.7. The zero-order valence-corrected chi connectivity index (χ0v) is 48.1. The highest BCUT2D eigenvalue weighted by atomic mass is 16.6. The summed E-state index contributed by atoms with van der Waals surface area (Å²) in [6.07, 6.45) is 1.86. The summed E-state index contributed by atoms with van der Waals surface area (Å²) in [7, 11) is 3.64. The minimum Gasteiger partial charge on any atom is -0.492 e. The maximum Gasteiger partial charge on any atom is 0.329 e. The minimum atomic E-state index is -1.03. The molecule has 17 nitrogen and oxygen atoms in total. The number of carbonyl (C=O) groups excluding carboxylic acids is 1. The van der Waals surface area contributed by atoms with Gasteiger partial charge in [-0.1, -0.05) is 159 Å². The highest BCUT2D eigenvalue weighted by Gasteiger charge is 2.16. The van der Waals surface area contributed by atoms with Crippen molar-refractivity contribution >= 4 is 46.1 Å². The zero-order chi connectivity index (χ0) is 59.7. The number of carboxylic acids is 3. The van der Waals surface area contributed by atoms with Crippen LogP contribution in [-0.4, -0.2) is 164 Å². The lowest BCUT2D eigenvalue weighted by atomic mass is 9.88. The van der Waals surface area contributed by atoms with Gasteiger partial charge in [0.2, 0.25) is 5.91 Å². The number of hydrogen-bond acceptors (Lipinski definition) is 13. The van der Waals surface area contributed by atoms with Crippen molar-refractivity contribution < 1.29 is 72.4 Å². The second-order valence-electron chi connectivity index (χ2n) is 18.2. The van der Waals surface area contributed by atoms with Gasteiger partial charge in [0, 0.05) is 13.6 Å². The first-order valence-corrected chi connectivity index (χ1v) is 27.6. The number of allylic oxidation sites excluding steroid dienone is 2. The molecule has 0 aliphatic carbocycles. The normalized spacial score (nSPS) is 11.4. The van der Waals surface area contributed by atoms with Crippen LogP contribution in [0.5, 0.6) is 11.5 Å². The lowest BCUT2D eigenvalue weighted by molar-refractivity contribution is -0.144. The molecule has 83 heavy (non-hydrogen) atoms. The molecule has 0 atom stereocenters. The van der Waals surface area contributed by atoms with Gasteiger partial charge in [0.05, 0.1) is 59.4 Å². The molecule has 0 heterocycles. The van der Waals surface area contributed by atoms with E-state index in [9.17, 15) is 19.2 Å². The van der Waals surface area contributed by atoms with Gasteiger partial charge in [0.25, 0.3) is 0 Å². The predicted octanol–water partition coefficient (Wildman–Crippen LogP) is 9.89. The summed E-state index contributed by atoms with van der Waals surface area (Å²) in [5.41, 5.74) is 12.3. The summed E-state index contributed by atoms with van der Waals surface area (Å²) < 4.78 is 41.5. The summed E-state index contributed by atoms with van der Waals surface area (Å²) >= 11 is 0. The standard InChI is InChI=1S/C33H39NO7.C25H27NO.C8H14O7/c1-3-30(26-10-6-4-7-11-26)33(27-12-8-5-9-13-27)28-14-16-29(17-15-28)41-19-18-34(2)31(35)24-39-22-20-38-21-23-40-25-32(36)37;1-3-24(20-10-6-4-7-11-20)25(21-12-8-5-9-13-21)22-14-16-23(17-15-22)27-19-18-26-2;9-7(10)5-14-3-1-13-2-4-15-6-8(11)12/h4-17H,3,18-25H2,1-2H3,(H,36,37);4-17,26H,3,18-19H2,1-2H3;1-6H2,(H,9,10)(H,11,12)/b33-30-;25-24-;. The van der Waals surface area contributed by atoms with Crippen molar-refractivity contribution in [2.45, 2.75) is 26.7 Å². The fraction of sp³-hybridized carbons (Fsp3) is 0.333. The third-order valence-corrected chi connectivity index (χ3v) is 12.1. The number of ether oxygens (including phenoxy) is 8. The molecule has 0 saturated carbocycles. The first-order chi connectivity index (χ1) is 40.4. The van der Waals surface area contributed by atoms with Gasteiger partial charge in [-0.3, -0.25) is 4.79 Å². The molecule has 0 aromatic heterocycles. The summed E-state index contributed by atoms with van der Waals surface area (Å²) in [5.74, 6) is -1.59. The van der Waals surface area contributed by atoms with E-state index in [1.54, 1.807) is 11.9 Å². The maximum absolute atomic E-state index is 12.3. The Morgan fingerprint density at radius 3 is 1.01 bits per heavy atom. The Morgan fingerprint density at radius 2 is 0.687 bits per heavy atom. The van der Waals surface area contributed by atoms with Crippen molar-refractivity contribution in [1.29, 1.82) is 0 Å². The van der Waals surface area contributed by atoms with Crippen LogP contribution in [0, 0.1) is 0 Å². The summed E-state index contributed by atoms with van der Waals surface area (Å²) in [5, 5.41) is 28.0. The van der Waals surface area contributed by atoms with Crippen LogP contribution in [0.3, 0.4) is 0 Å². The van der Waals surface area contributed by atoms with E-state index in [-0.39, 0.29) is 78.6 Å². The Bertz CT molecular complexity index is 2790. The van der Waals surface area contributed by atoms with E-state index in [0.29, 0.717) is 26.4 Å². The van der Waals surface area contributed by atoms with E-state index in [1.807, 2.05) is 31.3 Å². The van der Waals surface area contributed by atoms with E-state index < -0.39 is 17.9 Å². The number of nitrogens with one attached hydrogen (secondary N) is 1. The maximum atomic E-state index is 12.3. The number of carbonyl (C=O) groups is 4. The van der Waals surface area contributed by atoms with Gasteiger partial charge in [0.15, 0.2) is 0 Å². The smallest absolute Gasteiger partial charge is 0.329 e. The topological polar surface area (TPSA) is 218 Å². The van der Waals surface area contributed by atoms with E-state index in [1.165, 1.54) is 50.1 Å². The number of hydrogen-bond donors (Lipinski definition) is 4. The molecule has 0 aliphatic rings. The molecule has 4 N–H and O–H groups in total. The average Bonchev–Trinajstić information content (AvgIpc) is 3.69. The first kappa shape index (κ1) is 67.5. The van der Waals surface area contributed by atoms with Gasteiger partial charge in [-0.25, -0.2) is 14.4 Å². The molecule has 1 amide bonds.